The Hall–Kier alpha value is -7.16. The van der Waals surface area contributed by atoms with Gasteiger partial charge in [0.2, 0.25) is 0 Å². The van der Waals surface area contributed by atoms with Gasteiger partial charge in [0.05, 0.1) is 28.1 Å². The fourth-order valence-corrected chi connectivity index (χ4v) is 11.1. The lowest BCUT2D eigenvalue weighted by atomic mass is 9.81. The third-order valence-electron chi connectivity index (χ3n) is 13.8. The van der Waals surface area contributed by atoms with Gasteiger partial charge in [0.1, 0.15) is 0 Å². The molecule has 0 bridgehead atoms. The number of hydrogen-bond acceptors (Lipinski definition) is 1. The van der Waals surface area contributed by atoms with E-state index < -0.39 is 0 Å². The lowest BCUT2D eigenvalue weighted by Gasteiger charge is -2.34. The van der Waals surface area contributed by atoms with Gasteiger partial charge in [0.25, 0.3) is 0 Å². The molecule has 12 rings (SSSR count). The van der Waals surface area contributed by atoms with Crippen molar-refractivity contribution >= 4 is 49.6 Å². The van der Waals surface area contributed by atoms with Crippen LogP contribution in [0.25, 0.3) is 71.6 Å². The van der Waals surface area contributed by atoms with Crippen LogP contribution < -0.4 is 4.90 Å². The molecular formula is C58H44N2. The van der Waals surface area contributed by atoms with Crippen LogP contribution in [0.4, 0.5) is 17.1 Å². The van der Waals surface area contributed by atoms with Crippen molar-refractivity contribution in [3.63, 3.8) is 0 Å². The summed E-state index contributed by atoms with van der Waals surface area (Å²) in [6.07, 6.45) is 0. The number of para-hydroxylation sites is 2. The lowest BCUT2D eigenvalue weighted by Crippen LogP contribution is -2.21. The summed E-state index contributed by atoms with van der Waals surface area (Å²) in [4.78, 5) is 2.60. The third kappa shape index (κ3) is 4.76. The number of rotatable bonds is 5. The average Bonchev–Trinajstić information content (AvgIpc) is 3.84. The van der Waals surface area contributed by atoms with Crippen molar-refractivity contribution in [2.45, 2.75) is 38.5 Å². The van der Waals surface area contributed by atoms with Crippen molar-refractivity contribution in [1.29, 1.82) is 0 Å². The molecule has 0 atom stereocenters. The number of benzene rings is 9. The molecule has 1 heterocycles. The van der Waals surface area contributed by atoms with E-state index in [1.54, 1.807) is 0 Å². The Morgan fingerprint density at radius 2 is 0.917 bits per heavy atom. The summed E-state index contributed by atoms with van der Waals surface area (Å²) in [6.45, 7) is 9.56. The standard InChI is InChI=1S/C58H44N2/c1-57(2)48-28-12-8-25-46(48)55-49(57)29-17-32-53(55)60(54-33-16-26-45-41-21-7-11-27-47(41)58(3,4)56(45)54)52-35-34-39(40-20-5-6-22-42(40)52)37-18-15-19-38(36-37)59-50-30-13-9-23-43(50)44-24-10-14-31-51(44)59/h5-36H,1-4H3. The second kappa shape index (κ2) is 12.7. The van der Waals surface area contributed by atoms with Crippen LogP contribution in [0.15, 0.2) is 194 Å². The molecule has 0 radical (unpaired) electrons. The van der Waals surface area contributed by atoms with Gasteiger partial charge in [0.15, 0.2) is 0 Å². The smallest absolute Gasteiger partial charge is 0.0543 e. The van der Waals surface area contributed by atoms with Crippen molar-refractivity contribution in [2.75, 3.05) is 4.90 Å². The predicted molar refractivity (Wildman–Crippen MR) is 254 cm³/mol. The Morgan fingerprint density at radius 1 is 0.367 bits per heavy atom. The summed E-state index contributed by atoms with van der Waals surface area (Å²) >= 11 is 0. The summed E-state index contributed by atoms with van der Waals surface area (Å²) in [7, 11) is 0. The molecule has 2 aliphatic carbocycles. The first-order chi connectivity index (χ1) is 29.3. The molecule has 1 aromatic heterocycles. The molecule has 9 aromatic carbocycles. The maximum absolute atomic E-state index is 2.60. The molecule has 0 spiro atoms. The van der Waals surface area contributed by atoms with E-state index in [-0.39, 0.29) is 10.8 Å². The van der Waals surface area contributed by atoms with Crippen LogP contribution in [0.1, 0.15) is 49.9 Å². The molecule has 0 amide bonds. The fourth-order valence-electron chi connectivity index (χ4n) is 11.1. The minimum absolute atomic E-state index is 0.130. The van der Waals surface area contributed by atoms with E-state index in [4.69, 9.17) is 0 Å². The van der Waals surface area contributed by atoms with Crippen LogP contribution in [-0.4, -0.2) is 4.57 Å². The summed E-state index contributed by atoms with van der Waals surface area (Å²) in [5.41, 5.74) is 20.0. The number of hydrogen-bond donors (Lipinski definition) is 0. The van der Waals surface area contributed by atoms with Gasteiger partial charge in [0, 0.05) is 38.2 Å². The normalized spacial score (nSPS) is 14.3. The Morgan fingerprint density at radius 3 is 1.67 bits per heavy atom. The van der Waals surface area contributed by atoms with Crippen molar-refractivity contribution in [3.05, 3.63) is 216 Å². The molecular weight excluding hydrogens is 725 g/mol. The lowest BCUT2D eigenvalue weighted by molar-refractivity contribution is 0.659. The molecule has 0 saturated heterocycles. The zero-order chi connectivity index (χ0) is 40.3. The zero-order valence-electron chi connectivity index (χ0n) is 34.4. The molecule has 10 aromatic rings. The van der Waals surface area contributed by atoms with Crippen LogP contribution >= 0.6 is 0 Å². The summed E-state index contributed by atoms with van der Waals surface area (Å²) < 4.78 is 2.41. The molecule has 0 unspecified atom stereocenters. The molecule has 2 aliphatic rings. The number of nitrogens with zero attached hydrogens (tertiary/aromatic N) is 2. The Balaban J connectivity index is 1.11. The molecule has 60 heavy (non-hydrogen) atoms. The Kier molecular flexibility index (Phi) is 7.36. The molecule has 0 saturated carbocycles. The fraction of sp³-hybridized carbons (Fsp3) is 0.103. The maximum Gasteiger partial charge on any atom is 0.0543 e. The molecule has 2 heteroatoms. The highest BCUT2D eigenvalue weighted by molar-refractivity contribution is 6.11. The van der Waals surface area contributed by atoms with Crippen LogP contribution in [0, 0.1) is 0 Å². The largest absolute Gasteiger partial charge is 0.309 e. The van der Waals surface area contributed by atoms with E-state index in [0.717, 1.165) is 5.69 Å². The third-order valence-corrected chi connectivity index (χ3v) is 13.8. The van der Waals surface area contributed by atoms with Crippen LogP contribution in [0.3, 0.4) is 0 Å². The summed E-state index contributed by atoms with van der Waals surface area (Å²) in [5, 5.41) is 4.98. The van der Waals surface area contributed by atoms with Gasteiger partial charge in [-0.25, -0.2) is 0 Å². The SMILES string of the molecule is CC1(C)c2ccccc2-c2c(N(c3cccc4c3C(C)(C)c3ccccc3-4)c3ccc(-c4cccc(-n5c6ccccc6c6ccccc65)c4)c4ccccc34)cccc21. The van der Waals surface area contributed by atoms with E-state index in [1.807, 2.05) is 0 Å². The minimum Gasteiger partial charge on any atom is -0.309 e. The zero-order valence-corrected chi connectivity index (χ0v) is 34.4. The van der Waals surface area contributed by atoms with Gasteiger partial charge in [-0.1, -0.05) is 179 Å². The second-order valence-electron chi connectivity index (χ2n) is 17.7. The second-order valence-corrected chi connectivity index (χ2v) is 17.7. The van der Waals surface area contributed by atoms with Gasteiger partial charge in [-0.3, -0.25) is 0 Å². The van der Waals surface area contributed by atoms with Gasteiger partial charge in [-0.05, 0) is 97.9 Å². The summed E-state index contributed by atoms with van der Waals surface area (Å²) in [6, 6.07) is 72.3. The van der Waals surface area contributed by atoms with Gasteiger partial charge in [-0.15, -0.1) is 0 Å². The molecule has 2 nitrogen and oxygen atoms in total. The van der Waals surface area contributed by atoms with E-state index >= 15 is 0 Å². The van der Waals surface area contributed by atoms with Crippen LogP contribution in [-0.2, 0) is 10.8 Å². The van der Waals surface area contributed by atoms with E-state index in [0.29, 0.717) is 0 Å². The minimum atomic E-state index is -0.209. The van der Waals surface area contributed by atoms with Crippen molar-refractivity contribution < 1.29 is 0 Å². The number of anilines is 3. The highest BCUT2D eigenvalue weighted by Gasteiger charge is 2.41. The first-order valence-electron chi connectivity index (χ1n) is 21.2. The number of fused-ring (bicyclic) bond motifs is 10. The van der Waals surface area contributed by atoms with Crippen molar-refractivity contribution in [2.24, 2.45) is 0 Å². The van der Waals surface area contributed by atoms with Gasteiger partial charge in [-0.2, -0.15) is 0 Å². The first-order valence-corrected chi connectivity index (χ1v) is 21.2. The van der Waals surface area contributed by atoms with E-state index in [1.165, 1.54) is 105 Å². The number of aromatic nitrogens is 1. The van der Waals surface area contributed by atoms with Crippen molar-refractivity contribution in [1.82, 2.24) is 4.57 Å². The van der Waals surface area contributed by atoms with Gasteiger partial charge < -0.3 is 9.47 Å². The molecule has 0 aliphatic heterocycles. The van der Waals surface area contributed by atoms with E-state index in [9.17, 15) is 0 Å². The quantitative estimate of drug-likeness (QED) is 0.169. The predicted octanol–water partition coefficient (Wildman–Crippen LogP) is 15.7. The van der Waals surface area contributed by atoms with Crippen molar-refractivity contribution in [3.8, 4) is 39.1 Å². The highest BCUT2D eigenvalue weighted by atomic mass is 15.2. The van der Waals surface area contributed by atoms with Crippen LogP contribution in [0.5, 0.6) is 0 Å². The Labute approximate surface area is 351 Å². The maximum atomic E-state index is 2.60. The van der Waals surface area contributed by atoms with Crippen LogP contribution in [0.2, 0.25) is 0 Å². The Bertz CT molecular complexity index is 3340. The first kappa shape index (κ1) is 34.8. The molecule has 0 N–H and O–H groups in total. The monoisotopic (exact) mass is 768 g/mol. The van der Waals surface area contributed by atoms with Gasteiger partial charge >= 0.3 is 0 Å². The average molecular weight is 769 g/mol. The summed E-state index contributed by atoms with van der Waals surface area (Å²) in [5.74, 6) is 0. The topological polar surface area (TPSA) is 8.17 Å². The van der Waals surface area contributed by atoms with E-state index in [2.05, 4.69) is 231 Å². The highest BCUT2D eigenvalue weighted by Crippen LogP contribution is 2.58. The molecule has 0 fully saturated rings. The molecule has 286 valence electrons.